The van der Waals surface area contributed by atoms with Crippen LogP contribution in [0.2, 0.25) is 0 Å². The van der Waals surface area contributed by atoms with Crippen LogP contribution < -0.4 is 41.9 Å². The summed E-state index contributed by atoms with van der Waals surface area (Å²) in [5, 5.41) is 0. The molecule has 10 nitrogen and oxygen atoms in total. The molecule has 0 bridgehead atoms. The van der Waals surface area contributed by atoms with Crippen LogP contribution >= 0.6 is 0 Å². The normalized spacial score (nSPS) is 11.1. The molecular formula is C36H30N4O6S. The molecule has 0 amide bonds. The van der Waals surface area contributed by atoms with Crippen molar-refractivity contribution in [3.8, 4) is 46.0 Å². The first-order chi connectivity index (χ1) is 22.7. The molecule has 0 atom stereocenters. The van der Waals surface area contributed by atoms with Crippen molar-refractivity contribution in [3.63, 3.8) is 0 Å². The molecule has 0 heterocycles. The van der Waals surface area contributed by atoms with Gasteiger partial charge in [-0.05, 0) is 121 Å². The fourth-order valence-corrected chi connectivity index (χ4v) is 6.05. The fraction of sp³-hybridized carbons (Fsp3) is 0. The van der Waals surface area contributed by atoms with E-state index in [0.29, 0.717) is 45.7 Å². The molecule has 0 spiro atoms. The second-order valence-electron chi connectivity index (χ2n) is 10.4. The Labute approximate surface area is 271 Å². The number of benzene rings is 6. The third-order valence-corrected chi connectivity index (χ3v) is 8.68. The second kappa shape index (κ2) is 13.0. The zero-order valence-corrected chi connectivity index (χ0v) is 25.7. The van der Waals surface area contributed by atoms with Crippen molar-refractivity contribution < 1.29 is 27.4 Å². The first-order valence-electron chi connectivity index (χ1n) is 14.3. The summed E-state index contributed by atoms with van der Waals surface area (Å²) >= 11 is 0. The largest absolute Gasteiger partial charge is 0.453 e. The Hall–Kier alpha value is -6.33. The maximum atomic E-state index is 14.7. The molecule has 6 aromatic carbocycles. The highest BCUT2D eigenvalue weighted by molar-refractivity contribution is 7.91. The van der Waals surface area contributed by atoms with Crippen LogP contribution in [0.4, 0.5) is 22.7 Å². The van der Waals surface area contributed by atoms with Gasteiger partial charge in [-0.15, -0.1) is 0 Å². The number of nitrogen functional groups attached to an aromatic ring is 4. The van der Waals surface area contributed by atoms with E-state index in [0.717, 1.165) is 0 Å². The van der Waals surface area contributed by atoms with Gasteiger partial charge in [0.05, 0.1) is 0 Å². The summed E-state index contributed by atoms with van der Waals surface area (Å²) < 4.78 is 54.2. The standard InChI is InChI=1S/C36H30N4O6S/c37-23-7-15-27(16-8-23)43-31-3-1-5-33(35(31)45-29-19-11-25(39)12-20-29)47(41,42)34-6-2-4-32(44-28-17-9-24(38)10-18-28)36(34)46-30-21-13-26(40)14-22-30/h1-22H,37-40H2. The third kappa shape index (κ3) is 7.00. The van der Waals surface area contributed by atoms with Crippen LogP contribution in [-0.4, -0.2) is 8.42 Å². The number of para-hydroxylation sites is 2. The molecule has 11 heteroatoms. The van der Waals surface area contributed by atoms with E-state index in [1.54, 1.807) is 121 Å². The maximum Gasteiger partial charge on any atom is 0.214 e. The van der Waals surface area contributed by atoms with Crippen molar-refractivity contribution in [2.45, 2.75) is 9.79 Å². The minimum atomic E-state index is -4.40. The number of rotatable bonds is 10. The summed E-state index contributed by atoms with van der Waals surface area (Å²) in [6.45, 7) is 0. The van der Waals surface area contributed by atoms with E-state index >= 15 is 0 Å². The predicted octanol–water partition coefficient (Wildman–Crippen LogP) is 8.02. The van der Waals surface area contributed by atoms with Gasteiger partial charge in [0.25, 0.3) is 0 Å². The SMILES string of the molecule is Nc1ccc(Oc2cccc(S(=O)(=O)c3cccc(Oc4ccc(N)cc4)c3Oc3ccc(N)cc3)c2Oc2ccc(N)cc2)cc1. The summed E-state index contributed by atoms with van der Waals surface area (Å²) in [6.07, 6.45) is 0. The van der Waals surface area contributed by atoms with Gasteiger partial charge in [-0.1, -0.05) is 12.1 Å². The lowest BCUT2D eigenvalue weighted by atomic mass is 10.2. The van der Waals surface area contributed by atoms with Crippen molar-refractivity contribution in [2.24, 2.45) is 0 Å². The zero-order valence-electron chi connectivity index (χ0n) is 24.9. The van der Waals surface area contributed by atoms with E-state index in [1.807, 2.05) is 0 Å². The van der Waals surface area contributed by atoms with Crippen molar-refractivity contribution in [1.82, 2.24) is 0 Å². The number of nitrogens with two attached hydrogens (primary N) is 4. The minimum Gasteiger partial charge on any atom is -0.453 e. The van der Waals surface area contributed by atoms with Crippen LogP contribution in [0, 0.1) is 0 Å². The van der Waals surface area contributed by atoms with Gasteiger partial charge in [-0.2, -0.15) is 0 Å². The number of hydrogen-bond acceptors (Lipinski definition) is 10. The summed E-state index contributed by atoms with van der Waals surface area (Å²) in [6, 6.07) is 35.6. The van der Waals surface area contributed by atoms with Crippen LogP contribution in [-0.2, 0) is 9.84 Å². The molecule has 0 aromatic heterocycles. The summed E-state index contributed by atoms with van der Waals surface area (Å²) in [7, 11) is -4.40. The molecule has 0 saturated heterocycles. The Balaban J connectivity index is 1.50. The Morgan fingerprint density at radius 1 is 0.362 bits per heavy atom. The molecule has 0 unspecified atom stereocenters. The van der Waals surface area contributed by atoms with Crippen molar-refractivity contribution in [2.75, 3.05) is 22.9 Å². The first-order valence-corrected chi connectivity index (χ1v) is 15.8. The number of sulfone groups is 1. The highest BCUT2D eigenvalue weighted by atomic mass is 32.2. The topological polar surface area (TPSA) is 175 Å². The fourth-order valence-electron chi connectivity index (χ4n) is 4.53. The van der Waals surface area contributed by atoms with Gasteiger partial charge >= 0.3 is 0 Å². The van der Waals surface area contributed by atoms with E-state index < -0.39 is 9.84 Å². The number of hydrogen-bond donors (Lipinski definition) is 4. The average Bonchev–Trinajstić information content (AvgIpc) is 3.06. The van der Waals surface area contributed by atoms with Gasteiger partial charge in [0.2, 0.25) is 9.84 Å². The van der Waals surface area contributed by atoms with Crippen LogP contribution in [0.3, 0.4) is 0 Å². The lowest BCUT2D eigenvalue weighted by Crippen LogP contribution is -2.08. The molecule has 236 valence electrons. The maximum absolute atomic E-state index is 14.7. The third-order valence-electron chi connectivity index (χ3n) is 6.88. The monoisotopic (exact) mass is 646 g/mol. The van der Waals surface area contributed by atoms with Gasteiger partial charge in [0.1, 0.15) is 32.8 Å². The molecule has 0 saturated carbocycles. The number of anilines is 4. The van der Waals surface area contributed by atoms with Crippen molar-refractivity contribution in [1.29, 1.82) is 0 Å². The molecule has 0 fully saturated rings. The molecule has 8 N–H and O–H groups in total. The van der Waals surface area contributed by atoms with Crippen LogP contribution in [0.5, 0.6) is 46.0 Å². The van der Waals surface area contributed by atoms with Crippen LogP contribution in [0.25, 0.3) is 0 Å². The lowest BCUT2D eigenvalue weighted by molar-refractivity contribution is 0.405. The molecular weight excluding hydrogens is 616 g/mol. The lowest BCUT2D eigenvalue weighted by Gasteiger charge is -2.19. The second-order valence-corrected chi connectivity index (χ2v) is 12.2. The smallest absolute Gasteiger partial charge is 0.214 e. The van der Waals surface area contributed by atoms with E-state index in [4.69, 9.17) is 41.9 Å². The molecule has 0 aliphatic heterocycles. The van der Waals surface area contributed by atoms with E-state index in [9.17, 15) is 8.42 Å². The molecule has 0 radical (unpaired) electrons. The Morgan fingerprint density at radius 3 is 0.936 bits per heavy atom. The van der Waals surface area contributed by atoms with E-state index in [-0.39, 0.29) is 32.8 Å². The molecule has 47 heavy (non-hydrogen) atoms. The molecule has 6 rings (SSSR count). The number of ether oxygens (including phenoxy) is 4. The highest BCUT2D eigenvalue weighted by Gasteiger charge is 2.31. The van der Waals surface area contributed by atoms with Gasteiger partial charge in [-0.25, -0.2) is 8.42 Å². The summed E-state index contributed by atoms with van der Waals surface area (Å²) in [5.41, 5.74) is 25.6. The summed E-state index contributed by atoms with van der Waals surface area (Å²) in [5.74, 6) is 1.68. The van der Waals surface area contributed by atoms with Crippen molar-refractivity contribution in [3.05, 3.63) is 133 Å². The van der Waals surface area contributed by atoms with Crippen LogP contribution in [0.1, 0.15) is 0 Å². The Bertz CT molecular complexity index is 1970. The predicted molar refractivity (Wildman–Crippen MR) is 182 cm³/mol. The van der Waals surface area contributed by atoms with Gasteiger partial charge in [0, 0.05) is 22.7 Å². The molecule has 0 aliphatic carbocycles. The minimum absolute atomic E-state index is 0.0580. The average molecular weight is 647 g/mol. The Morgan fingerprint density at radius 2 is 0.638 bits per heavy atom. The van der Waals surface area contributed by atoms with Gasteiger partial charge < -0.3 is 41.9 Å². The summed E-state index contributed by atoms with van der Waals surface area (Å²) in [4.78, 5) is -0.372. The van der Waals surface area contributed by atoms with E-state index in [2.05, 4.69) is 0 Å². The molecule has 0 aliphatic rings. The van der Waals surface area contributed by atoms with Gasteiger partial charge in [-0.3, -0.25) is 0 Å². The van der Waals surface area contributed by atoms with Gasteiger partial charge in [0.15, 0.2) is 23.0 Å². The van der Waals surface area contributed by atoms with Crippen LogP contribution in [0.15, 0.2) is 143 Å². The van der Waals surface area contributed by atoms with E-state index in [1.165, 1.54) is 12.1 Å². The van der Waals surface area contributed by atoms with Crippen molar-refractivity contribution >= 4 is 32.6 Å². The first kappa shape index (κ1) is 30.7. The zero-order chi connectivity index (χ0) is 33.0. The molecule has 6 aromatic rings. The Kier molecular flexibility index (Phi) is 8.46. The highest BCUT2D eigenvalue weighted by Crippen LogP contribution is 2.47. The quantitative estimate of drug-likeness (QED) is 0.107.